The molecule has 0 radical (unpaired) electrons. The molecule has 15 heteroatoms. The molecule has 1 unspecified atom stereocenters. The molecule has 6 heterocycles. The Hall–Kier alpha value is -3.59. The standard InChI is InChI=1S/C29H31F6N7O2/c1-13-20(29(33,34)35)16(8-17(36)21(13)31)23-22(32)24-19-25(42-7-5-37-10-18(42)14(2)44-26(19)38-23)40-27(39-24)43-12-28-4-3-6-41(28)11-15(30)9-28/h8,14-15,18,37H,3-7,9-12,36H2,1-2H3/t14-,15-,18-,28?/m0/s1. The van der Waals surface area contributed by atoms with Crippen LogP contribution in [0.1, 0.15) is 37.3 Å². The SMILES string of the molecule is Cc1c(F)c(N)cc(-c2nc3c4c(nc(OCC56CCCN5C[C@@H](F)C6)nc4c2F)N2CCNC[C@H]2[C@H](C)O3)c1C(F)(F)F. The highest BCUT2D eigenvalue weighted by Gasteiger charge is 2.49. The van der Waals surface area contributed by atoms with Gasteiger partial charge in [-0.1, -0.05) is 0 Å². The number of aromatic nitrogens is 3. The van der Waals surface area contributed by atoms with Crippen molar-refractivity contribution < 1.29 is 35.8 Å². The molecule has 0 aliphatic carbocycles. The summed E-state index contributed by atoms with van der Waals surface area (Å²) in [5.74, 6) is -2.33. The van der Waals surface area contributed by atoms with E-state index in [1.807, 2.05) is 4.90 Å². The molecular formula is C29H31F6N7O2. The number of hydrogen-bond acceptors (Lipinski definition) is 9. The van der Waals surface area contributed by atoms with Crippen LogP contribution in [0, 0.1) is 18.6 Å². The molecule has 4 aliphatic rings. The number of pyridine rings is 1. The Morgan fingerprint density at radius 2 is 1.98 bits per heavy atom. The number of nitrogens with zero attached hydrogens (tertiary/aromatic N) is 5. The highest BCUT2D eigenvalue weighted by atomic mass is 19.4. The van der Waals surface area contributed by atoms with Crippen molar-refractivity contribution in [1.29, 1.82) is 0 Å². The molecule has 236 valence electrons. The Morgan fingerprint density at radius 1 is 1.18 bits per heavy atom. The number of benzene rings is 1. The fraction of sp³-hybridized carbons (Fsp3) is 0.552. The molecule has 1 aromatic carbocycles. The first-order valence-electron chi connectivity index (χ1n) is 14.6. The summed E-state index contributed by atoms with van der Waals surface area (Å²) in [7, 11) is 0. The topological polar surface area (TPSA) is 102 Å². The molecule has 0 amide bonds. The van der Waals surface area contributed by atoms with Gasteiger partial charge in [-0.15, -0.1) is 0 Å². The first-order valence-corrected chi connectivity index (χ1v) is 14.6. The molecule has 4 aliphatic heterocycles. The second kappa shape index (κ2) is 10.2. The van der Waals surface area contributed by atoms with Crippen LogP contribution in [0.3, 0.4) is 0 Å². The molecule has 4 atom stereocenters. The molecule has 0 saturated carbocycles. The van der Waals surface area contributed by atoms with E-state index in [1.165, 1.54) is 0 Å². The monoisotopic (exact) mass is 623 g/mol. The Morgan fingerprint density at radius 3 is 2.75 bits per heavy atom. The Labute approximate surface area is 248 Å². The summed E-state index contributed by atoms with van der Waals surface area (Å²) in [6, 6.07) is 0.245. The van der Waals surface area contributed by atoms with Gasteiger partial charge in [0.05, 0.1) is 22.8 Å². The lowest BCUT2D eigenvalue weighted by Gasteiger charge is -2.38. The van der Waals surface area contributed by atoms with Crippen molar-refractivity contribution in [1.82, 2.24) is 25.2 Å². The van der Waals surface area contributed by atoms with E-state index in [-0.39, 0.29) is 47.7 Å². The average molecular weight is 624 g/mol. The van der Waals surface area contributed by atoms with Gasteiger partial charge in [-0.25, -0.2) is 18.2 Å². The minimum atomic E-state index is -5.06. The second-order valence-electron chi connectivity index (χ2n) is 12.1. The number of nitrogen functional groups attached to an aromatic ring is 1. The van der Waals surface area contributed by atoms with Crippen molar-refractivity contribution >= 4 is 22.4 Å². The van der Waals surface area contributed by atoms with Crippen LogP contribution in [0.5, 0.6) is 11.9 Å². The zero-order valence-corrected chi connectivity index (χ0v) is 24.1. The lowest BCUT2D eigenvalue weighted by Crippen LogP contribution is -2.56. The number of hydrogen-bond donors (Lipinski definition) is 2. The van der Waals surface area contributed by atoms with E-state index in [0.29, 0.717) is 26.2 Å². The van der Waals surface area contributed by atoms with Gasteiger partial charge in [0.15, 0.2) is 5.82 Å². The van der Waals surface area contributed by atoms with Crippen molar-refractivity contribution in [3.8, 4) is 23.1 Å². The van der Waals surface area contributed by atoms with Gasteiger partial charge in [0.25, 0.3) is 0 Å². The number of alkyl halides is 4. The number of nitrogens with two attached hydrogens (primary N) is 1. The van der Waals surface area contributed by atoms with Crippen LogP contribution in [0.15, 0.2) is 6.07 Å². The van der Waals surface area contributed by atoms with Crippen LogP contribution < -0.4 is 25.4 Å². The fourth-order valence-electron chi connectivity index (χ4n) is 7.32. The van der Waals surface area contributed by atoms with Gasteiger partial charge in [-0.3, -0.25) is 4.90 Å². The quantitative estimate of drug-likeness (QED) is 0.324. The van der Waals surface area contributed by atoms with Crippen LogP contribution >= 0.6 is 0 Å². The van der Waals surface area contributed by atoms with Gasteiger partial charge in [-0.2, -0.15) is 23.1 Å². The number of halogens is 6. The van der Waals surface area contributed by atoms with E-state index in [0.717, 1.165) is 32.4 Å². The third-order valence-corrected chi connectivity index (χ3v) is 9.40. The van der Waals surface area contributed by atoms with E-state index in [4.69, 9.17) is 15.2 Å². The minimum Gasteiger partial charge on any atom is -0.472 e. The molecule has 3 saturated heterocycles. The normalized spacial score (nSPS) is 26.8. The van der Waals surface area contributed by atoms with Crippen LogP contribution in [0.2, 0.25) is 0 Å². The van der Waals surface area contributed by atoms with Gasteiger partial charge < -0.3 is 25.4 Å². The largest absolute Gasteiger partial charge is 0.472 e. The van der Waals surface area contributed by atoms with E-state index in [2.05, 4.69) is 25.2 Å². The van der Waals surface area contributed by atoms with Gasteiger partial charge in [0.1, 0.15) is 47.1 Å². The van der Waals surface area contributed by atoms with Crippen LogP contribution in [0.25, 0.3) is 22.2 Å². The molecule has 44 heavy (non-hydrogen) atoms. The van der Waals surface area contributed by atoms with Crippen molar-refractivity contribution in [3.05, 3.63) is 28.8 Å². The minimum absolute atomic E-state index is 0.0641. The molecule has 7 rings (SSSR count). The predicted molar refractivity (Wildman–Crippen MR) is 149 cm³/mol. The number of ether oxygens (including phenoxy) is 2. The Balaban J connectivity index is 1.43. The number of fused-ring (bicyclic) bond motifs is 3. The zero-order valence-electron chi connectivity index (χ0n) is 24.1. The highest BCUT2D eigenvalue weighted by molar-refractivity contribution is 5.97. The summed E-state index contributed by atoms with van der Waals surface area (Å²) in [5, 5.41) is 3.37. The second-order valence-corrected chi connectivity index (χ2v) is 12.1. The number of anilines is 2. The summed E-state index contributed by atoms with van der Waals surface area (Å²) in [6.07, 6.45) is -4.70. The average Bonchev–Trinajstić information content (AvgIpc) is 3.46. The van der Waals surface area contributed by atoms with E-state index < -0.39 is 63.7 Å². The van der Waals surface area contributed by atoms with Crippen molar-refractivity contribution in [3.63, 3.8) is 0 Å². The van der Waals surface area contributed by atoms with Crippen LogP contribution in [-0.2, 0) is 6.18 Å². The molecule has 2 aromatic heterocycles. The predicted octanol–water partition coefficient (Wildman–Crippen LogP) is 4.39. The van der Waals surface area contributed by atoms with Crippen LogP contribution in [-0.4, -0.2) is 83.0 Å². The lowest BCUT2D eigenvalue weighted by molar-refractivity contribution is -0.137. The van der Waals surface area contributed by atoms with Crippen LogP contribution in [0.4, 0.5) is 37.8 Å². The Bertz CT molecular complexity index is 1660. The molecule has 3 N–H and O–H groups in total. The summed E-state index contributed by atoms with van der Waals surface area (Å²) in [4.78, 5) is 17.2. The van der Waals surface area contributed by atoms with E-state index in [1.54, 1.807) is 6.92 Å². The smallest absolute Gasteiger partial charge is 0.417 e. The maximum absolute atomic E-state index is 16.6. The molecule has 0 spiro atoms. The lowest BCUT2D eigenvalue weighted by atomic mass is 9.95. The van der Waals surface area contributed by atoms with Gasteiger partial charge >= 0.3 is 12.2 Å². The van der Waals surface area contributed by atoms with E-state index in [9.17, 15) is 22.0 Å². The summed E-state index contributed by atoms with van der Waals surface area (Å²) >= 11 is 0. The third-order valence-electron chi connectivity index (χ3n) is 9.40. The summed E-state index contributed by atoms with van der Waals surface area (Å²) < 4.78 is 101. The molecule has 9 nitrogen and oxygen atoms in total. The number of nitrogens with one attached hydrogen (secondary N) is 1. The molecule has 3 aromatic rings. The van der Waals surface area contributed by atoms with Gasteiger partial charge in [0, 0.05) is 38.2 Å². The summed E-state index contributed by atoms with van der Waals surface area (Å²) in [6.45, 7) is 5.37. The maximum Gasteiger partial charge on any atom is 0.417 e. The fourth-order valence-corrected chi connectivity index (χ4v) is 7.32. The summed E-state index contributed by atoms with van der Waals surface area (Å²) in [5.41, 5.74) is 0.557. The first-order chi connectivity index (χ1) is 20.9. The maximum atomic E-state index is 16.6. The third kappa shape index (κ3) is 4.49. The highest BCUT2D eigenvalue weighted by Crippen LogP contribution is 2.46. The number of rotatable bonds is 4. The van der Waals surface area contributed by atoms with Crippen molar-refractivity contribution in [2.24, 2.45) is 0 Å². The van der Waals surface area contributed by atoms with Crippen molar-refractivity contribution in [2.45, 2.75) is 63.1 Å². The molecular weight excluding hydrogens is 592 g/mol. The van der Waals surface area contributed by atoms with Gasteiger partial charge in [-0.05, 0) is 44.9 Å². The van der Waals surface area contributed by atoms with Crippen molar-refractivity contribution in [2.75, 3.05) is 50.0 Å². The Kier molecular flexibility index (Phi) is 6.77. The molecule has 0 bridgehead atoms. The number of piperazine rings is 1. The zero-order chi connectivity index (χ0) is 31.1. The first kappa shape index (κ1) is 29.1. The van der Waals surface area contributed by atoms with E-state index >= 15 is 4.39 Å². The molecule has 3 fully saturated rings. The van der Waals surface area contributed by atoms with Gasteiger partial charge in [0.2, 0.25) is 5.88 Å².